The van der Waals surface area contributed by atoms with E-state index in [-0.39, 0.29) is 11.9 Å². The minimum atomic E-state index is -0.193. The van der Waals surface area contributed by atoms with Crippen molar-refractivity contribution in [1.82, 2.24) is 19.4 Å². The molecule has 1 aliphatic rings. The lowest BCUT2D eigenvalue weighted by molar-refractivity contribution is -0.134. The molecule has 0 radical (unpaired) electrons. The number of hydrogen-bond donors (Lipinski definition) is 0. The molecule has 1 unspecified atom stereocenters. The van der Waals surface area contributed by atoms with Crippen LogP contribution in [0.25, 0.3) is 0 Å². The Morgan fingerprint density at radius 2 is 2.10 bits per heavy atom. The van der Waals surface area contributed by atoms with Crippen LogP contribution in [-0.4, -0.2) is 51.5 Å². The average Bonchev–Trinajstić information content (AvgIpc) is 3.17. The van der Waals surface area contributed by atoms with Crippen LogP contribution >= 0.6 is 11.3 Å². The molecule has 0 aliphatic carbocycles. The van der Waals surface area contributed by atoms with Gasteiger partial charge in [-0.2, -0.15) is 0 Å². The van der Waals surface area contributed by atoms with Gasteiger partial charge in [0.2, 0.25) is 5.91 Å². The van der Waals surface area contributed by atoms with E-state index in [1.165, 1.54) is 0 Å². The molecule has 0 saturated carbocycles. The normalized spacial score (nSPS) is 17.0. The minimum Gasteiger partial charge on any atom is -0.345 e. The number of imidazole rings is 1. The number of anilines is 1. The number of carbonyl (C=O) groups is 1. The molecule has 3 heterocycles. The van der Waals surface area contributed by atoms with Gasteiger partial charge in [-0.1, -0.05) is 0 Å². The lowest BCUT2D eigenvalue weighted by Crippen LogP contribution is -2.50. The van der Waals surface area contributed by atoms with E-state index in [9.17, 15) is 4.79 Å². The van der Waals surface area contributed by atoms with Crippen molar-refractivity contribution in [2.45, 2.75) is 19.9 Å². The maximum Gasteiger partial charge on any atom is 0.245 e. The van der Waals surface area contributed by atoms with E-state index in [1.54, 1.807) is 23.9 Å². The van der Waals surface area contributed by atoms with Gasteiger partial charge in [-0.25, -0.2) is 9.97 Å². The maximum absolute atomic E-state index is 12.5. The highest BCUT2D eigenvalue weighted by atomic mass is 32.1. The Balaban J connectivity index is 1.59. The third-order valence-corrected chi connectivity index (χ3v) is 4.82. The molecule has 0 spiro atoms. The summed E-state index contributed by atoms with van der Waals surface area (Å²) in [5.74, 6) is 0.156. The fourth-order valence-electron chi connectivity index (χ4n) is 2.50. The van der Waals surface area contributed by atoms with Gasteiger partial charge in [-0.3, -0.25) is 4.79 Å². The van der Waals surface area contributed by atoms with Crippen molar-refractivity contribution in [3.05, 3.63) is 29.8 Å². The summed E-state index contributed by atoms with van der Waals surface area (Å²) < 4.78 is 1.85. The highest BCUT2D eigenvalue weighted by Gasteiger charge is 2.26. The van der Waals surface area contributed by atoms with E-state index in [0.29, 0.717) is 0 Å². The van der Waals surface area contributed by atoms with Crippen molar-refractivity contribution >= 4 is 22.4 Å². The zero-order chi connectivity index (χ0) is 14.8. The number of thiazole rings is 1. The summed E-state index contributed by atoms with van der Waals surface area (Å²) in [6.07, 6.45) is 5.22. The van der Waals surface area contributed by atoms with Gasteiger partial charge in [-0.15, -0.1) is 11.3 Å². The standard InChI is InChI=1S/C14H19N5OS/c1-11-9-21-14(16-11)18-7-5-17(6-8-18)13(20)12(2)19-4-3-15-10-19/h3-4,9-10,12H,5-8H2,1-2H3. The average molecular weight is 305 g/mol. The number of nitrogens with zero attached hydrogens (tertiary/aromatic N) is 5. The second-order valence-corrected chi connectivity index (χ2v) is 6.11. The third-order valence-electron chi connectivity index (χ3n) is 3.80. The molecule has 2 aromatic heterocycles. The molecule has 6 nitrogen and oxygen atoms in total. The summed E-state index contributed by atoms with van der Waals surface area (Å²) >= 11 is 1.67. The highest BCUT2D eigenvalue weighted by molar-refractivity contribution is 7.13. The monoisotopic (exact) mass is 305 g/mol. The Hall–Kier alpha value is -1.89. The molecule has 2 aromatic rings. The van der Waals surface area contributed by atoms with Crippen LogP contribution in [0.4, 0.5) is 5.13 Å². The highest BCUT2D eigenvalue weighted by Crippen LogP contribution is 2.22. The number of piperazine rings is 1. The number of carbonyl (C=O) groups excluding carboxylic acids is 1. The Kier molecular flexibility index (Phi) is 3.92. The summed E-state index contributed by atoms with van der Waals surface area (Å²) in [5.41, 5.74) is 1.06. The van der Waals surface area contributed by atoms with Gasteiger partial charge >= 0.3 is 0 Å². The zero-order valence-corrected chi connectivity index (χ0v) is 13.1. The van der Waals surface area contributed by atoms with Gasteiger partial charge in [0, 0.05) is 44.0 Å². The van der Waals surface area contributed by atoms with E-state index >= 15 is 0 Å². The first kappa shape index (κ1) is 14.1. The van der Waals surface area contributed by atoms with Crippen molar-refractivity contribution in [3.63, 3.8) is 0 Å². The predicted molar refractivity (Wildman–Crippen MR) is 82.6 cm³/mol. The Morgan fingerprint density at radius 1 is 1.33 bits per heavy atom. The van der Waals surface area contributed by atoms with E-state index in [4.69, 9.17) is 0 Å². The van der Waals surface area contributed by atoms with Crippen LogP contribution < -0.4 is 4.90 Å². The van der Waals surface area contributed by atoms with Crippen molar-refractivity contribution in [2.75, 3.05) is 31.1 Å². The molecule has 21 heavy (non-hydrogen) atoms. The van der Waals surface area contributed by atoms with Crippen LogP contribution in [-0.2, 0) is 4.79 Å². The molecule has 1 amide bonds. The Bertz CT molecular complexity index is 601. The van der Waals surface area contributed by atoms with Crippen molar-refractivity contribution in [2.24, 2.45) is 0 Å². The van der Waals surface area contributed by atoms with Crippen LogP contribution in [0.15, 0.2) is 24.1 Å². The number of amides is 1. The van der Waals surface area contributed by atoms with Crippen LogP contribution in [0.3, 0.4) is 0 Å². The van der Waals surface area contributed by atoms with Crippen LogP contribution in [0, 0.1) is 6.92 Å². The van der Waals surface area contributed by atoms with Gasteiger partial charge in [0.15, 0.2) is 5.13 Å². The molecule has 3 rings (SSSR count). The lowest BCUT2D eigenvalue weighted by Gasteiger charge is -2.35. The molecule has 1 fully saturated rings. The first-order valence-electron chi connectivity index (χ1n) is 7.08. The van der Waals surface area contributed by atoms with Gasteiger partial charge < -0.3 is 14.4 Å². The molecule has 112 valence electrons. The molecule has 0 aromatic carbocycles. The number of rotatable bonds is 3. The van der Waals surface area contributed by atoms with Gasteiger partial charge in [0.05, 0.1) is 12.0 Å². The summed E-state index contributed by atoms with van der Waals surface area (Å²) in [4.78, 5) is 25.2. The van der Waals surface area contributed by atoms with E-state index in [1.807, 2.05) is 29.5 Å². The maximum atomic E-state index is 12.5. The largest absolute Gasteiger partial charge is 0.345 e. The van der Waals surface area contributed by atoms with Crippen LogP contribution in [0.5, 0.6) is 0 Å². The topological polar surface area (TPSA) is 54.3 Å². The van der Waals surface area contributed by atoms with Crippen molar-refractivity contribution < 1.29 is 4.79 Å². The van der Waals surface area contributed by atoms with Gasteiger partial charge in [-0.05, 0) is 13.8 Å². The van der Waals surface area contributed by atoms with Gasteiger partial charge in [0.1, 0.15) is 6.04 Å². The summed E-state index contributed by atoms with van der Waals surface area (Å²) in [6.45, 7) is 7.10. The molecule has 1 saturated heterocycles. The predicted octanol–water partition coefficient (Wildman–Crippen LogP) is 1.56. The molecular weight excluding hydrogens is 286 g/mol. The summed E-state index contributed by atoms with van der Waals surface area (Å²) in [7, 11) is 0. The molecule has 1 aliphatic heterocycles. The van der Waals surface area contributed by atoms with Crippen molar-refractivity contribution in [3.8, 4) is 0 Å². The number of aryl methyl sites for hydroxylation is 1. The summed E-state index contributed by atoms with van der Waals surface area (Å²) in [6, 6.07) is -0.193. The summed E-state index contributed by atoms with van der Waals surface area (Å²) in [5, 5.41) is 3.12. The molecule has 7 heteroatoms. The fraction of sp³-hybridized carbons (Fsp3) is 0.500. The molecule has 1 atom stereocenters. The van der Waals surface area contributed by atoms with E-state index < -0.39 is 0 Å². The lowest BCUT2D eigenvalue weighted by atomic mass is 10.2. The second-order valence-electron chi connectivity index (χ2n) is 5.27. The van der Waals surface area contributed by atoms with Crippen molar-refractivity contribution in [1.29, 1.82) is 0 Å². The Morgan fingerprint density at radius 3 is 2.67 bits per heavy atom. The smallest absolute Gasteiger partial charge is 0.245 e. The minimum absolute atomic E-state index is 0.156. The van der Waals surface area contributed by atoms with Gasteiger partial charge in [0.25, 0.3) is 0 Å². The van der Waals surface area contributed by atoms with Crippen LogP contribution in [0.2, 0.25) is 0 Å². The third kappa shape index (κ3) is 2.92. The number of aromatic nitrogens is 3. The molecule has 0 bridgehead atoms. The zero-order valence-electron chi connectivity index (χ0n) is 12.3. The van der Waals surface area contributed by atoms with E-state index in [0.717, 1.165) is 37.0 Å². The fourth-order valence-corrected chi connectivity index (χ4v) is 3.35. The quantitative estimate of drug-likeness (QED) is 0.863. The van der Waals surface area contributed by atoms with Crippen LogP contribution in [0.1, 0.15) is 18.7 Å². The second kappa shape index (κ2) is 5.85. The first-order valence-corrected chi connectivity index (χ1v) is 7.96. The SMILES string of the molecule is Cc1csc(N2CCN(C(=O)C(C)n3ccnc3)CC2)n1. The molecular formula is C14H19N5OS. The Labute approximate surface area is 128 Å². The first-order chi connectivity index (χ1) is 10.1. The van der Waals surface area contributed by atoms with E-state index in [2.05, 4.69) is 20.2 Å². The number of hydrogen-bond acceptors (Lipinski definition) is 5. The molecule has 0 N–H and O–H groups in total.